The Morgan fingerprint density at radius 2 is 1.96 bits per heavy atom. The Labute approximate surface area is 145 Å². The van der Waals surface area contributed by atoms with Crippen LogP contribution >= 0.6 is 11.6 Å². The number of rotatable bonds is 6. The summed E-state index contributed by atoms with van der Waals surface area (Å²) in [4.78, 5) is 12.5. The molecule has 126 valence electrons. The van der Waals surface area contributed by atoms with Crippen molar-refractivity contribution in [1.82, 2.24) is 5.32 Å². The molecule has 2 aromatic rings. The van der Waals surface area contributed by atoms with Crippen molar-refractivity contribution in [2.24, 2.45) is 0 Å². The van der Waals surface area contributed by atoms with Crippen molar-refractivity contribution in [1.29, 1.82) is 0 Å². The minimum atomic E-state index is -0.676. The summed E-state index contributed by atoms with van der Waals surface area (Å²) in [6, 6.07) is 13.2. The number of amides is 1. The lowest BCUT2D eigenvalue weighted by atomic mass is 9.95. The number of aliphatic hydroxyl groups excluding tert-OH is 1. The number of aliphatic hydroxyl groups is 1. The highest BCUT2D eigenvalue weighted by atomic mass is 35.5. The van der Waals surface area contributed by atoms with Gasteiger partial charge in [-0.2, -0.15) is 0 Å². The number of carbonyl (C=O) groups is 1. The van der Waals surface area contributed by atoms with Crippen LogP contribution in [0.15, 0.2) is 48.5 Å². The molecule has 3 rings (SSSR count). The smallest absolute Gasteiger partial charge is 0.230 e. The van der Waals surface area contributed by atoms with Gasteiger partial charge in [0, 0.05) is 11.6 Å². The van der Waals surface area contributed by atoms with E-state index in [-0.39, 0.29) is 11.7 Å². The average Bonchev–Trinajstić information content (AvgIpc) is 3.37. The molecule has 0 heterocycles. The number of halogens is 2. The van der Waals surface area contributed by atoms with Crippen LogP contribution in [-0.2, 0) is 10.2 Å². The molecular formula is C19H19ClFNO2. The maximum absolute atomic E-state index is 13.0. The largest absolute Gasteiger partial charge is 0.388 e. The Balaban J connectivity index is 1.55. The average molecular weight is 348 g/mol. The summed E-state index contributed by atoms with van der Waals surface area (Å²) in [5, 5.41) is 13.6. The van der Waals surface area contributed by atoms with Crippen molar-refractivity contribution >= 4 is 17.5 Å². The third-order valence-corrected chi connectivity index (χ3v) is 4.75. The second kappa shape index (κ2) is 6.91. The van der Waals surface area contributed by atoms with Gasteiger partial charge in [0.15, 0.2) is 0 Å². The van der Waals surface area contributed by atoms with E-state index in [9.17, 15) is 14.3 Å². The van der Waals surface area contributed by atoms with E-state index in [0.717, 1.165) is 24.0 Å². The highest BCUT2D eigenvalue weighted by molar-refractivity contribution is 6.30. The Morgan fingerprint density at radius 1 is 1.25 bits per heavy atom. The van der Waals surface area contributed by atoms with E-state index >= 15 is 0 Å². The van der Waals surface area contributed by atoms with Crippen LogP contribution in [0.1, 0.15) is 36.5 Å². The zero-order valence-corrected chi connectivity index (χ0v) is 13.9. The topological polar surface area (TPSA) is 49.3 Å². The maximum atomic E-state index is 13.0. The lowest BCUT2D eigenvalue weighted by Gasteiger charge is -2.17. The molecule has 1 fully saturated rings. The van der Waals surface area contributed by atoms with Gasteiger partial charge in [-0.05, 0) is 54.7 Å². The van der Waals surface area contributed by atoms with E-state index in [1.165, 1.54) is 12.1 Å². The van der Waals surface area contributed by atoms with Gasteiger partial charge in [-0.25, -0.2) is 4.39 Å². The van der Waals surface area contributed by atoms with Crippen molar-refractivity contribution in [3.05, 3.63) is 70.5 Å². The van der Waals surface area contributed by atoms with E-state index in [1.807, 2.05) is 0 Å². The summed E-state index contributed by atoms with van der Waals surface area (Å²) in [7, 11) is 0. The lowest BCUT2D eigenvalue weighted by molar-refractivity contribution is -0.123. The van der Waals surface area contributed by atoms with Gasteiger partial charge in [-0.15, -0.1) is 0 Å². The molecule has 1 saturated carbocycles. The Hall–Kier alpha value is -1.91. The lowest BCUT2D eigenvalue weighted by Crippen LogP contribution is -2.35. The molecule has 0 aliphatic heterocycles. The zero-order valence-electron chi connectivity index (χ0n) is 13.1. The van der Waals surface area contributed by atoms with Gasteiger partial charge in [0.25, 0.3) is 0 Å². The Kier molecular flexibility index (Phi) is 4.88. The molecule has 0 radical (unpaired) electrons. The summed E-state index contributed by atoms with van der Waals surface area (Å²) in [5.74, 6) is -0.369. The molecule has 0 aromatic heterocycles. The molecule has 0 saturated heterocycles. The summed E-state index contributed by atoms with van der Waals surface area (Å²) < 4.78 is 13.0. The monoisotopic (exact) mass is 347 g/mol. The van der Waals surface area contributed by atoms with Gasteiger partial charge in [0.05, 0.1) is 11.5 Å². The van der Waals surface area contributed by atoms with Crippen LogP contribution in [0.2, 0.25) is 5.02 Å². The van der Waals surface area contributed by atoms with Crippen LogP contribution in [-0.4, -0.2) is 17.6 Å². The first-order valence-electron chi connectivity index (χ1n) is 7.99. The summed E-state index contributed by atoms with van der Waals surface area (Å²) in [6.07, 6.45) is 1.26. The number of hydrogen-bond donors (Lipinski definition) is 2. The molecule has 0 spiro atoms. The standard InChI is InChI=1S/C19H19ClFNO2/c20-15-3-1-2-13(12-15)17(23)8-11-22-18(24)19(9-10-19)14-4-6-16(21)7-5-14/h1-7,12,17,23H,8-11H2,(H,22,24). The van der Waals surface area contributed by atoms with E-state index in [1.54, 1.807) is 36.4 Å². The van der Waals surface area contributed by atoms with Crippen LogP contribution in [0, 0.1) is 5.82 Å². The van der Waals surface area contributed by atoms with Crippen LogP contribution in [0.25, 0.3) is 0 Å². The molecule has 0 bridgehead atoms. The third kappa shape index (κ3) is 3.60. The first kappa shape index (κ1) is 16.9. The predicted octanol–water partition coefficient (Wildman–Crippen LogP) is 3.75. The first-order valence-corrected chi connectivity index (χ1v) is 8.37. The fourth-order valence-electron chi connectivity index (χ4n) is 2.91. The fourth-order valence-corrected chi connectivity index (χ4v) is 3.11. The van der Waals surface area contributed by atoms with Crippen molar-refractivity contribution in [2.45, 2.75) is 30.8 Å². The van der Waals surface area contributed by atoms with Crippen LogP contribution < -0.4 is 5.32 Å². The van der Waals surface area contributed by atoms with Crippen LogP contribution in [0.4, 0.5) is 4.39 Å². The molecule has 3 nitrogen and oxygen atoms in total. The summed E-state index contributed by atoms with van der Waals surface area (Å²) >= 11 is 5.91. The van der Waals surface area contributed by atoms with Gasteiger partial charge < -0.3 is 10.4 Å². The normalized spacial score (nSPS) is 16.5. The second-order valence-electron chi connectivity index (χ2n) is 6.20. The zero-order chi connectivity index (χ0) is 17.2. The van der Waals surface area contributed by atoms with E-state index in [4.69, 9.17) is 11.6 Å². The van der Waals surface area contributed by atoms with Gasteiger partial charge in [-0.1, -0.05) is 35.9 Å². The highest BCUT2D eigenvalue weighted by Gasteiger charge is 2.51. The molecule has 1 atom stereocenters. The maximum Gasteiger partial charge on any atom is 0.230 e. The van der Waals surface area contributed by atoms with E-state index in [2.05, 4.69) is 5.32 Å². The molecule has 1 aliphatic carbocycles. The van der Waals surface area contributed by atoms with E-state index in [0.29, 0.717) is 18.0 Å². The SMILES string of the molecule is O=C(NCCC(O)c1cccc(Cl)c1)C1(c2ccc(F)cc2)CC1. The van der Waals surface area contributed by atoms with Crippen molar-refractivity contribution in [3.63, 3.8) is 0 Å². The molecule has 5 heteroatoms. The number of carbonyl (C=O) groups excluding carboxylic acids is 1. The minimum Gasteiger partial charge on any atom is -0.388 e. The Bertz CT molecular complexity index is 728. The molecule has 1 aliphatic rings. The fraction of sp³-hybridized carbons (Fsp3) is 0.316. The van der Waals surface area contributed by atoms with Gasteiger partial charge in [0.1, 0.15) is 5.82 Å². The molecular weight excluding hydrogens is 329 g/mol. The predicted molar refractivity (Wildman–Crippen MR) is 91.4 cm³/mol. The van der Waals surface area contributed by atoms with Crippen molar-refractivity contribution < 1.29 is 14.3 Å². The summed E-state index contributed by atoms with van der Waals surface area (Å²) in [6.45, 7) is 0.370. The van der Waals surface area contributed by atoms with Gasteiger partial charge >= 0.3 is 0 Å². The second-order valence-corrected chi connectivity index (χ2v) is 6.64. The third-order valence-electron chi connectivity index (χ3n) is 4.52. The van der Waals surface area contributed by atoms with E-state index < -0.39 is 11.5 Å². The number of nitrogens with one attached hydrogen (secondary N) is 1. The number of benzene rings is 2. The molecule has 1 amide bonds. The first-order chi connectivity index (χ1) is 11.5. The Morgan fingerprint density at radius 3 is 2.58 bits per heavy atom. The molecule has 2 aromatic carbocycles. The molecule has 2 N–H and O–H groups in total. The number of hydrogen-bond acceptors (Lipinski definition) is 2. The van der Waals surface area contributed by atoms with Crippen LogP contribution in [0.5, 0.6) is 0 Å². The van der Waals surface area contributed by atoms with Gasteiger partial charge in [-0.3, -0.25) is 4.79 Å². The van der Waals surface area contributed by atoms with Gasteiger partial charge in [0.2, 0.25) is 5.91 Å². The highest BCUT2D eigenvalue weighted by Crippen LogP contribution is 2.48. The quantitative estimate of drug-likeness (QED) is 0.836. The molecule has 24 heavy (non-hydrogen) atoms. The van der Waals surface area contributed by atoms with Crippen molar-refractivity contribution in [3.8, 4) is 0 Å². The molecule has 1 unspecified atom stereocenters. The summed E-state index contributed by atoms with van der Waals surface area (Å²) in [5.41, 5.74) is 1.04. The van der Waals surface area contributed by atoms with Crippen molar-refractivity contribution in [2.75, 3.05) is 6.54 Å². The minimum absolute atomic E-state index is 0.0626. The van der Waals surface area contributed by atoms with Crippen LogP contribution in [0.3, 0.4) is 0 Å².